The van der Waals surface area contributed by atoms with Gasteiger partial charge in [0.2, 0.25) is 0 Å². The number of hydrogen-bond donors (Lipinski definition) is 0. The molecule has 5 heteroatoms. The van der Waals surface area contributed by atoms with Crippen molar-refractivity contribution in [1.82, 2.24) is 9.97 Å². The number of thiazole rings is 1. The first-order chi connectivity index (χ1) is 9.24. The Morgan fingerprint density at radius 3 is 2.68 bits per heavy atom. The van der Waals surface area contributed by atoms with Crippen LogP contribution >= 0.6 is 11.3 Å². The Morgan fingerprint density at radius 2 is 2.11 bits per heavy atom. The molecule has 0 spiro atoms. The van der Waals surface area contributed by atoms with E-state index < -0.39 is 0 Å². The number of rotatable bonds is 6. The van der Waals surface area contributed by atoms with E-state index in [1.165, 1.54) is 16.9 Å². The molecule has 2 heterocycles. The van der Waals surface area contributed by atoms with Gasteiger partial charge in [0, 0.05) is 26.0 Å². The molecule has 4 nitrogen and oxygen atoms in total. The van der Waals surface area contributed by atoms with Crippen LogP contribution in [-0.4, -0.2) is 29.8 Å². The minimum Gasteiger partial charge on any atom is -0.351 e. The quantitative estimate of drug-likeness (QED) is 0.760. The summed E-state index contributed by atoms with van der Waals surface area (Å²) in [5.74, 6) is 0. The van der Waals surface area contributed by atoms with Gasteiger partial charge in [-0.1, -0.05) is 18.3 Å². The molecule has 100 valence electrons. The Labute approximate surface area is 117 Å². The Hall–Kier alpha value is -1.75. The van der Waals surface area contributed by atoms with Crippen LogP contribution in [0.4, 0.5) is 5.13 Å². The van der Waals surface area contributed by atoms with Crippen molar-refractivity contribution in [3.8, 4) is 0 Å². The van der Waals surface area contributed by atoms with E-state index in [0.717, 1.165) is 41.4 Å². The fourth-order valence-corrected chi connectivity index (χ4v) is 2.76. The van der Waals surface area contributed by atoms with Gasteiger partial charge in [-0.2, -0.15) is 0 Å². The van der Waals surface area contributed by atoms with E-state index in [1.807, 2.05) is 26.1 Å². The molecule has 0 aliphatic carbocycles. The maximum absolute atomic E-state index is 10.9. The number of nitrogens with zero attached hydrogens (tertiary/aromatic N) is 3. The summed E-state index contributed by atoms with van der Waals surface area (Å²) in [6.07, 6.45) is 6.24. The van der Waals surface area contributed by atoms with E-state index in [2.05, 4.69) is 14.9 Å². The van der Waals surface area contributed by atoms with Gasteiger partial charge in [0.1, 0.15) is 0 Å². The summed E-state index contributed by atoms with van der Waals surface area (Å²) >= 11 is 1.46. The Bertz CT molecular complexity index is 539. The highest BCUT2D eigenvalue weighted by Gasteiger charge is 2.12. The second-order valence-corrected chi connectivity index (χ2v) is 5.31. The molecular weight excluding hydrogens is 258 g/mol. The minimum absolute atomic E-state index is 0.744. The Balaban J connectivity index is 2.01. The number of aromatic nitrogens is 2. The van der Waals surface area contributed by atoms with E-state index in [9.17, 15) is 4.79 Å². The fraction of sp³-hybridized carbons (Fsp3) is 0.357. The average molecular weight is 275 g/mol. The molecule has 0 saturated carbocycles. The van der Waals surface area contributed by atoms with Gasteiger partial charge in [-0.3, -0.25) is 9.78 Å². The van der Waals surface area contributed by atoms with E-state index >= 15 is 0 Å². The summed E-state index contributed by atoms with van der Waals surface area (Å²) in [6.45, 7) is 2.89. The molecule has 2 aromatic heterocycles. The van der Waals surface area contributed by atoms with Crippen molar-refractivity contribution in [1.29, 1.82) is 0 Å². The van der Waals surface area contributed by atoms with Gasteiger partial charge in [0.25, 0.3) is 0 Å². The van der Waals surface area contributed by atoms with Gasteiger partial charge in [-0.15, -0.1) is 0 Å². The molecule has 0 radical (unpaired) electrons. The van der Waals surface area contributed by atoms with Crippen molar-refractivity contribution in [3.05, 3.63) is 40.7 Å². The zero-order valence-corrected chi connectivity index (χ0v) is 12.0. The molecule has 0 aliphatic rings. The van der Waals surface area contributed by atoms with Crippen LogP contribution < -0.4 is 4.90 Å². The highest BCUT2D eigenvalue weighted by Crippen LogP contribution is 2.24. The lowest BCUT2D eigenvalue weighted by Gasteiger charge is -2.15. The lowest BCUT2D eigenvalue weighted by atomic mass is 10.2. The Morgan fingerprint density at radius 1 is 1.37 bits per heavy atom. The second kappa shape index (κ2) is 6.43. The van der Waals surface area contributed by atoms with Gasteiger partial charge in [0.15, 0.2) is 11.4 Å². The number of aryl methyl sites for hydroxylation is 1. The zero-order chi connectivity index (χ0) is 13.7. The van der Waals surface area contributed by atoms with Gasteiger partial charge in [-0.05, 0) is 30.5 Å². The third kappa shape index (κ3) is 3.38. The van der Waals surface area contributed by atoms with E-state index in [1.54, 1.807) is 12.4 Å². The summed E-state index contributed by atoms with van der Waals surface area (Å²) in [5.41, 5.74) is 2.15. The van der Waals surface area contributed by atoms with Crippen LogP contribution in [-0.2, 0) is 12.8 Å². The first-order valence-electron chi connectivity index (χ1n) is 6.29. The molecule has 0 aromatic carbocycles. The molecule has 0 unspecified atom stereocenters. The van der Waals surface area contributed by atoms with Crippen molar-refractivity contribution in [2.75, 3.05) is 18.5 Å². The number of carbonyl (C=O) groups is 1. The maximum atomic E-state index is 10.9. The first-order valence-corrected chi connectivity index (χ1v) is 7.11. The van der Waals surface area contributed by atoms with Crippen LogP contribution in [0.5, 0.6) is 0 Å². The molecule has 2 rings (SSSR count). The number of carbonyl (C=O) groups excluding carboxylic acids is 1. The van der Waals surface area contributed by atoms with Crippen molar-refractivity contribution in [2.24, 2.45) is 0 Å². The highest BCUT2D eigenvalue weighted by atomic mass is 32.1. The second-order valence-electron chi connectivity index (χ2n) is 4.31. The third-order valence-electron chi connectivity index (χ3n) is 2.97. The van der Waals surface area contributed by atoms with Crippen molar-refractivity contribution >= 4 is 22.8 Å². The molecule has 0 amide bonds. The SMILES string of the molecule is CCc1nc(N(C)CCc2ccncc2)sc1C=O. The maximum Gasteiger partial charge on any atom is 0.185 e. The van der Waals surface area contributed by atoms with Crippen molar-refractivity contribution in [3.63, 3.8) is 0 Å². The molecule has 0 fully saturated rings. The number of likely N-dealkylation sites (N-methyl/N-ethyl adjacent to an activating group) is 1. The lowest BCUT2D eigenvalue weighted by Crippen LogP contribution is -2.20. The summed E-state index contributed by atoms with van der Waals surface area (Å²) in [6, 6.07) is 4.04. The number of aldehydes is 1. The van der Waals surface area contributed by atoms with Crippen molar-refractivity contribution in [2.45, 2.75) is 19.8 Å². The lowest BCUT2D eigenvalue weighted by molar-refractivity contribution is 0.112. The Kier molecular flexibility index (Phi) is 4.63. The summed E-state index contributed by atoms with van der Waals surface area (Å²) in [4.78, 5) is 22.3. The monoisotopic (exact) mass is 275 g/mol. The molecule has 0 atom stereocenters. The molecule has 0 N–H and O–H groups in total. The highest BCUT2D eigenvalue weighted by molar-refractivity contribution is 7.17. The number of anilines is 1. The first kappa shape index (κ1) is 13.7. The van der Waals surface area contributed by atoms with Crippen molar-refractivity contribution < 1.29 is 4.79 Å². The predicted octanol–water partition coefficient (Wildman–Crippen LogP) is 2.59. The molecule has 0 aliphatic heterocycles. The van der Waals surface area contributed by atoms with Crippen LogP contribution in [0.2, 0.25) is 0 Å². The summed E-state index contributed by atoms with van der Waals surface area (Å²) in [5, 5.41) is 0.910. The molecule has 19 heavy (non-hydrogen) atoms. The average Bonchev–Trinajstić information content (AvgIpc) is 2.89. The number of hydrogen-bond acceptors (Lipinski definition) is 5. The molecule has 2 aromatic rings. The summed E-state index contributed by atoms with van der Waals surface area (Å²) in [7, 11) is 2.01. The van der Waals surface area contributed by atoms with Gasteiger partial charge in [-0.25, -0.2) is 4.98 Å². The standard InChI is InChI=1S/C14H17N3OS/c1-3-12-13(10-18)19-14(16-12)17(2)9-6-11-4-7-15-8-5-11/h4-5,7-8,10H,3,6,9H2,1-2H3. The smallest absolute Gasteiger partial charge is 0.185 e. The van der Waals surface area contributed by atoms with E-state index in [0.29, 0.717) is 0 Å². The predicted molar refractivity (Wildman–Crippen MR) is 78.1 cm³/mol. The van der Waals surface area contributed by atoms with Gasteiger partial charge in [0.05, 0.1) is 10.6 Å². The number of pyridine rings is 1. The van der Waals surface area contributed by atoms with Crippen LogP contribution in [0.1, 0.15) is 27.9 Å². The van der Waals surface area contributed by atoms with Crippen LogP contribution in [0.15, 0.2) is 24.5 Å². The molecule has 0 saturated heterocycles. The zero-order valence-electron chi connectivity index (χ0n) is 11.2. The molecule has 0 bridgehead atoms. The van der Waals surface area contributed by atoms with Gasteiger partial charge < -0.3 is 4.90 Å². The van der Waals surface area contributed by atoms with E-state index in [-0.39, 0.29) is 0 Å². The topological polar surface area (TPSA) is 46.1 Å². The van der Waals surface area contributed by atoms with Crippen LogP contribution in [0.25, 0.3) is 0 Å². The summed E-state index contributed by atoms with van der Waals surface area (Å²) < 4.78 is 0. The van der Waals surface area contributed by atoms with Crippen LogP contribution in [0.3, 0.4) is 0 Å². The van der Waals surface area contributed by atoms with E-state index in [4.69, 9.17) is 0 Å². The minimum atomic E-state index is 0.744. The third-order valence-corrected chi connectivity index (χ3v) is 4.11. The van der Waals surface area contributed by atoms with Crippen LogP contribution in [0, 0.1) is 0 Å². The normalized spacial score (nSPS) is 10.4. The largest absolute Gasteiger partial charge is 0.351 e. The van der Waals surface area contributed by atoms with Gasteiger partial charge >= 0.3 is 0 Å². The molecular formula is C14H17N3OS. The fourth-order valence-electron chi connectivity index (χ4n) is 1.80.